The molecule has 8 heteroatoms. The number of nitrogens with zero attached hydrogens (tertiary/aromatic N) is 1. The standard InChI is InChI=1S/C20H26ClN3O3S/c1-4-24(5-2)28(26,27)19-8-6-7-18(13-19)23-20(25)14-22-15(3)16-9-11-17(21)12-10-16/h6-13,15,22H,4-5,14H2,1-3H3,(H,23,25)/t15-/m1/s1. The third kappa shape index (κ3) is 5.78. The molecule has 0 aliphatic rings. The molecule has 0 bridgehead atoms. The fourth-order valence-electron chi connectivity index (χ4n) is 2.77. The highest BCUT2D eigenvalue weighted by Crippen LogP contribution is 2.20. The zero-order valence-corrected chi connectivity index (χ0v) is 17.8. The summed E-state index contributed by atoms with van der Waals surface area (Å²) in [7, 11) is -3.57. The number of rotatable bonds is 9. The lowest BCUT2D eigenvalue weighted by Crippen LogP contribution is -2.31. The van der Waals surface area contributed by atoms with E-state index >= 15 is 0 Å². The Hall–Kier alpha value is -1.93. The van der Waals surface area contributed by atoms with E-state index in [0.29, 0.717) is 23.8 Å². The van der Waals surface area contributed by atoms with Crippen LogP contribution in [-0.2, 0) is 14.8 Å². The Morgan fingerprint density at radius 1 is 1.11 bits per heavy atom. The van der Waals surface area contributed by atoms with Crippen molar-refractivity contribution in [2.24, 2.45) is 0 Å². The van der Waals surface area contributed by atoms with Gasteiger partial charge in [-0.2, -0.15) is 4.31 Å². The predicted molar refractivity (Wildman–Crippen MR) is 113 cm³/mol. The third-order valence-corrected chi connectivity index (χ3v) is 6.70. The molecule has 2 aromatic carbocycles. The summed E-state index contributed by atoms with van der Waals surface area (Å²) in [5.41, 5.74) is 1.46. The fraction of sp³-hybridized carbons (Fsp3) is 0.350. The second-order valence-corrected chi connectivity index (χ2v) is 8.69. The van der Waals surface area contributed by atoms with Gasteiger partial charge in [-0.3, -0.25) is 4.79 Å². The van der Waals surface area contributed by atoms with Gasteiger partial charge in [-0.15, -0.1) is 0 Å². The van der Waals surface area contributed by atoms with Crippen LogP contribution in [0.4, 0.5) is 5.69 Å². The first-order valence-electron chi connectivity index (χ1n) is 9.16. The Labute approximate surface area is 171 Å². The number of amides is 1. The zero-order valence-electron chi connectivity index (χ0n) is 16.3. The average Bonchev–Trinajstić information content (AvgIpc) is 2.67. The zero-order chi connectivity index (χ0) is 20.7. The monoisotopic (exact) mass is 423 g/mol. The quantitative estimate of drug-likeness (QED) is 0.645. The first-order chi connectivity index (χ1) is 13.3. The smallest absolute Gasteiger partial charge is 0.243 e. The van der Waals surface area contributed by atoms with Crippen molar-refractivity contribution in [1.82, 2.24) is 9.62 Å². The topological polar surface area (TPSA) is 78.5 Å². The summed E-state index contributed by atoms with van der Waals surface area (Å²) >= 11 is 5.89. The predicted octanol–water partition coefficient (Wildman–Crippen LogP) is 3.66. The van der Waals surface area contributed by atoms with Crippen molar-refractivity contribution in [3.05, 3.63) is 59.1 Å². The number of carbonyl (C=O) groups is 1. The molecule has 0 spiro atoms. The van der Waals surface area contributed by atoms with Crippen molar-refractivity contribution in [1.29, 1.82) is 0 Å². The maximum Gasteiger partial charge on any atom is 0.243 e. The van der Waals surface area contributed by atoms with Crippen LogP contribution in [0.2, 0.25) is 5.02 Å². The van der Waals surface area contributed by atoms with Gasteiger partial charge in [-0.25, -0.2) is 8.42 Å². The minimum absolute atomic E-state index is 0.0302. The summed E-state index contributed by atoms with van der Waals surface area (Å²) in [5.74, 6) is -0.252. The molecule has 0 radical (unpaired) electrons. The molecule has 0 heterocycles. The summed E-state index contributed by atoms with van der Waals surface area (Å²) in [5, 5.41) is 6.54. The van der Waals surface area contributed by atoms with Gasteiger partial charge in [0.05, 0.1) is 11.4 Å². The molecule has 6 nitrogen and oxygen atoms in total. The number of hydrogen-bond acceptors (Lipinski definition) is 4. The molecule has 0 aliphatic heterocycles. The van der Waals surface area contributed by atoms with Gasteiger partial charge in [0.2, 0.25) is 15.9 Å². The summed E-state index contributed by atoms with van der Waals surface area (Å²) in [4.78, 5) is 12.4. The van der Waals surface area contributed by atoms with Gasteiger partial charge < -0.3 is 10.6 Å². The Bertz CT molecular complexity index is 897. The van der Waals surface area contributed by atoms with Crippen LogP contribution >= 0.6 is 11.6 Å². The Morgan fingerprint density at radius 3 is 2.36 bits per heavy atom. The molecule has 1 atom stereocenters. The van der Waals surface area contributed by atoms with Crippen LogP contribution in [0.25, 0.3) is 0 Å². The fourth-order valence-corrected chi connectivity index (χ4v) is 4.40. The highest BCUT2D eigenvalue weighted by atomic mass is 35.5. The number of hydrogen-bond donors (Lipinski definition) is 2. The molecule has 0 saturated heterocycles. The van der Waals surface area contributed by atoms with E-state index in [1.165, 1.54) is 16.4 Å². The maximum absolute atomic E-state index is 12.6. The largest absolute Gasteiger partial charge is 0.325 e. The molecule has 0 saturated carbocycles. The van der Waals surface area contributed by atoms with Crippen LogP contribution in [-0.4, -0.2) is 38.3 Å². The minimum atomic E-state index is -3.57. The van der Waals surface area contributed by atoms with Crippen LogP contribution in [0.5, 0.6) is 0 Å². The molecule has 152 valence electrons. The number of anilines is 1. The molecule has 0 aromatic heterocycles. The average molecular weight is 424 g/mol. The van der Waals surface area contributed by atoms with Gasteiger partial charge in [0.1, 0.15) is 0 Å². The number of halogens is 1. The van der Waals surface area contributed by atoms with Gasteiger partial charge in [-0.1, -0.05) is 43.6 Å². The van der Waals surface area contributed by atoms with E-state index in [2.05, 4.69) is 10.6 Å². The molecular weight excluding hydrogens is 398 g/mol. The molecule has 0 fully saturated rings. The summed E-state index contributed by atoms with van der Waals surface area (Å²) in [6.45, 7) is 6.41. The van der Waals surface area contributed by atoms with E-state index in [9.17, 15) is 13.2 Å². The second kappa shape index (κ2) is 10.0. The van der Waals surface area contributed by atoms with E-state index in [0.717, 1.165) is 5.56 Å². The number of carbonyl (C=O) groups excluding carboxylic acids is 1. The Morgan fingerprint density at radius 2 is 1.75 bits per heavy atom. The molecule has 0 aliphatic carbocycles. The van der Waals surface area contributed by atoms with E-state index < -0.39 is 10.0 Å². The van der Waals surface area contributed by atoms with Gasteiger partial charge in [0.25, 0.3) is 0 Å². The summed E-state index contributed by atoms with van der Waals surface area (Å²) in [6.07, 6.45) is 0. The van der Waals surface area contributed by atoms with E-state index in [1.807, 2.05) is 19.1 Å². The third-order valence-electron chi connectivity index (χ3n) is 4.40. The molecule has 28 heavy (non-hydrogen) atoms. The number of sulfonamides is 1. The van der Waals surface area contributed by atoms with Crippen LogP contribution in [0.3, 0.4) is 0 Å². The molecular formula is C20H26ClN3O3S. The van der Waals surface area contributed by atoms with E-state index in [4.69, 9.17) is 11.6 Å². The van der Waals surface area contributed by atoms with Crippen molar-refractivity contribution in [2.45, 2.75) is 31.7 Å². The molecule has 2 aromatic rings. The summed E-state index contributed by atoms with van der Waals surface area (Å²) in [6, 6.07) is 13.7. The molecule has 2 rings (SSSR count). The van der Waals surface area contributed by atoms with Crippen molar-refractivity contribution >= 4 is 33.2 Å². The number of benzene rings is 2. The lowest BCUT2D eigenvalue weighted by molar-refractivity contribution is -0.115. The highest BCUT2D eigenvalue weighted by molar-refractivity contribution is 7.89. The van der Waals surface area contributed by atoms with Crippen LogP contribution in [0.1, 0.15) is 32.4 Å². The van der Waals surface area contributed by atoms with Crippen molar-refractivity contribution < 1.29 is 13.2 Å². The normalized spacial score (nSPS) is 12.8. The highest BCUT2D eigenvalue weighted by Gasteiger charge is 2.21. The minimum Gasteiger partial charge on any atom is -0.325 e. The Balaban J connectivity index is 2.00. The maximum atomic E-state index is 12.6. The van der Waals surface area contributed by atoms with Crippen LogP contribution < -0.4 is 10.6 Å². The van der Waals surface area contributed by atoms with Gasteiger partial charge in [0.15, 0.2) is 0 Å². The van der Waals surface area contributed by atoms with Crippen molar-refractivity contribution in [3.8, 4) is 0 Å². The SMILES string of the molecule is CCN(CC)S(=O)(=O)c1cccc(NC(=O)CN[C@H](C)c2ccc(Cl)cc2)c1. The first-order valence-corrected chi connectivity index (χ1v) is 11.0. The summed E-state index contributed by atoms with van der Waals surface area (Å²) < 4.78 is 26.6. The number of nitrogens with one attached hydrogen (secondary N) is 2. The van der Waals surface area contributed by atoms with Crippen LogP contribution in [0.15, 0.2) is 53.4 Å². The Kier molecular flexibility index (Phi) is 8.00. The molecule has 1 amide bonds. The van der Waals surface area contributed by atoms with E-state index in [-0.39, 0.29) is 23.4 Å². The van der Waals surface area contributed by atoms with Crippen molar-refractivity contribution in [3.63, 3.8) is 0 Å². The molecule has 0 unspecified atom stereocenters. The lowest BCUT2D eigenvalue weighted by Gasteiger charge is -2.19. The molecule has 2 N–H and O–H groups in total. The van der Waals surface area contributed by atoms with Gasteiger partial charge in [-0.05, 0) is 42.8 Å². The van der Waals surface area contributed by atoms with Crippen molar-refractivity contribution in [2.75, 3.05) is 25.0 Å². The van der Waals surface area contributed by atoms with E-state index in [1.54, 1.807) is 38.1 Å². The lowest BCUT2D eigenvalue weighted by atomic mass is 10.1. The van der Waals surface area contributed by atoms with Crippen LogP contribution in [0, 0.1) is 0 Å². The second-order valence-electron chi connectivity index (χ2n) is 6.32. The first kappa shape index (κ1) is 22.4. The van der Waals surface area contributed by atoms with Gasteiger partial charge >= 0.3 is 0 Å². The van der Waals surface area contributed by atoms with Gasteiger partial charge in [0, 0.05) is 29.8 Å².